The molecule has 0 radical (unpaired) electrons. The Labute approximate surface area is 126 Å². The lowest BCUT2D eigenvalue weighted by Gasteiger charge is -2.05. The quantitative estimate of drug-likeness (QED) is 0.600. The third-order valence-corrected chi connectivity index (χ3v) is 2.62. The molecule has 0 bridgehead atoms. The van der Waals surface area contributed by atoms with Gasteiger partial charge in [0.25, 0.3) is 11.5 Å². The summed E-state index contributed by atoms with van der Waals surface area (Å²) in [5, 5.41) is 2.41. The van der Waals surface area contributed by atoms with Gasteiger partial charge in [0, 0.05) is 11.8 Å². The van der Waals surface area contributed by atoms with Gasteiger partial charge >= 0.3 is 0 Å². The molecule has 0 aliphatic carbocycles. The van der Waals surface area contributed by atoms with Gasteiger partial charge in [-0.1, -0.05) is 32.0 Å². The molecule has 0 saturated heterocycles. The van der Waals surface area contributed by atoms with Crippen LogP contribution in [0.25, 0.3) is 0 Å². The lowest BCUT2D eigenvalue weighted by Crippen LogP contribution is -2.21. The van der Waals surface area contributed by atoms with Crippen molar-refractivity contribution >= 4 is 30.1 Å². The normalized spacial score (nSPS) is 9.24. The summed E-state index contributed by atoms with van der Waals surface area (Å²) in [5.74, 6) is -0.543. The van der Waals surface area contributed by atoms with Crippen molar-refractivity contribution in [3.05, 3.63) is 56.7 Å². The molecule has 0 unspecified atom stereocenters. The summed E-state index contributed by atoms with van der Waals surface area (Å²) in [5.41, 5.74) is -0.0420. The smallest absolute Gasteiger partial charge is 0.275 e. The van der Waals surface area contributed by atoms with Crippen LogP contribution in [0.3, 0.4) is 0 Å². The first-order chi connectivity index (χ1) is 10.1. The van der Waals surface area contributed by atoms with Crippen LogP contribution in [0.4, 0.5) is 5.69 Å². The summed E-state index contributed by atoms with van der Waals surface area (Å²) < 4.78 is 0.163. The third-order valence-electron chi connectivity index (χ3n) is 2.40. The Hall–Kier alpha value is -2.54. The Balaban J connectivity index is 0.00000106. The Morgan fingerprint density at radius 1 is 1.29 bits per heavy atom. The number of aldehydes is 1. The van der Waals surface area contributed by atoms with Crippen LogP contribution in [0.15, 0.2) is 35.3 Å². The number of aromatic nitrogens is 2. The topological polar surface area (TPSA) is 94.8 Å². The zero-order valence-corrected chi connectivity index (χ0v) is 12.4. The highest BCUT2D eigenvalue weighted by Gasteiger charge is 2.12. The number of carbonyl (C=O) groups is 2. The highest BCUT2D eigenvalue weighted by molar-refractivity contribution is 7.71. The predicted molar refractivity (Wildman–Crippen MR) is 83.4 cm³/mol. The van der Waals surface area contributed by atoms with Gasteiger partial charge in [-0.15, -0.1) is 0 Å². The van der Waals surface area contributed by atoms with Crippen molar-refractivity contribution in [2.45, 2.75) is 13.8 Å². The van der Waals surface area contributed by atoms with Gasteiger partial charge < -0.3 is 10.3 Å². The van der Waals surface area contributed by atoms with Crippen LogP contribution >= 0.6 is 12.2 Å². The number of hydrogen-bond acceptors (Lipinski definition) is 4. The first-order valence-corrected chi connectivity index (χ1v) is 6.70. The summed E-state index contributed by atoms with van der Waals surface area (Å²) in [6.45, 7) is 4.00. The summed E-state index contributed by atoms with van der Waals surface area (Å²) in [6.07, 6.45) is 1.88. The molecule has 2 aromatic rings. The second-order valence-electron chi connectivity index (χ2n) is 3.64. The van der Waals surface area contributed by atoms with E-state index < -0.39 is 11.5 Å². The molecule has 1 heterocycles. The number of aromatic amines is 2. The molecule has 6 nitrogen and oxygen atoms in total. The number of amides is 1. The maximum absolute atomic E-state index is 12.0. The van der Waals surface area contributed by atoms with E-state index in [2.05, 4.69) is 15.3 Å². The molecule has 0 atom stereocenters. The average molecular weight is 305 g/mol. The van der Waals surface area contributed by atoms with Gasteiger partial charge in [0.05, 0.1) is 5.56 Å². The van der Waals surface area contributed by atoms with Gasteiger partial charge in [-0.25, -0.2) is 0 Å². The van der Waals surface area contributed by atoms with Crippen LogP contribution in [0.1, 0.15) is 34.6 Å². The van der Waals surface area contributed by atoms with Gasteiger partial charge in [0.2, 0.25) is 0 Å². The molecule has 0 saturated carbocycles. The Morgan fingerprint density at radius 2 is 1.95 bits per heavy atom. The van der Waals surface area contributed by atoms with E-state index in [4.69, 9.17) is 12.2 Å². The molecule has 0 spiro atoms. The molecule has 2 rings (SSSR count). The average Bonchev–Trinajstić information content (AvgIpc) is 2.52. The van der Waals surface area contributed by atoms with Crippen molar-refractivity contribution < 1.29 is 9.59 Å². The number of carbonyl (C=O) groups excluding carboxylic acids is 2. The second-order valence-corrected chi connectivity index (χ2v) is 4.05. The minimum absolute atomic E-state index is 0.0271. The third kappa shape index (κ3) is 4.22. The lowest BCUT2D eigenvalue weighted by atomic mass is 10.1. The van der Waals surface area contributed by atoms with E-state index in [9.17, 15) is 14.4 Å². The Morgan fingerprint density at radius 3 is 2.57 bits per heavy atom. The number of nitrogens with one attached hydrogen (secondary N) is 3. The standard InChI is InChI=1S/C12H9N3O3S.C2H6/c16-6-7-3-1-2-4-8(7)10(17)14-9-5-13-12(19)15-11(9)18;1-2/h1-6H,(H,14,17)(H2,13,15,18,19);1-2H3. The minimum atomic E-state index is -0.543. The fraction of sp³-hybridized carbons (Fsp3) is 0.143. The highest BCUT2D eigenvalue weighted by atomic mass is 32.1. The minimum Gasteiger partial charge on any atom is -0.337 e. The monoisotopic (exact) mass is 305 g/mol. The van der Waals surface area contributed by atoms with Gasteiger partial charge in [-0.3, -0.25) is 19.4 Å². The van der Waals surface area contributed by atoms with Crippen molar-refractivity contribution in [1.82, 2.24) is 9.97 Å². The first-order valence-electron chi connectivity index (χ1n) is 6.29. The van der Waals surface area contributed by atoms with Crippen molar-refractivity contribution in [3.63, 3.8) is 0 Å². The Kier molecular flexibility index (Phi) is 6.22. The van der Waals surface area contributed by atoms with Crippen LogP contribution in [-0.2, 0) is 0 Å². The molecule has 0 aliphatic heterocycles. The fourth-order valence-corrected chi connectivity index (χ4v) is 1.65. The molecule has 110 valence electrons. The van der Waals surface area contributed by atoms with Crippen molar-refractivity contribution in [2.24, 2.45) is 0 Å². The fourth-order valence-electron chi connectivity index (χ4n) is 1.50. The first kappa shape index (κ1) is 16.5. The largest absolute Gasteiger partial charge is 0.337 e. The van der Waals surface area contributed by atoms with Crippen LogP contribution in [0.2, 0.25) is 0 Å². The molecule has 1 aromatic carbocycles. The Bertz CT molecular complexity index is 749. The van der Waals surface area contributed by atoms with E-state index in [0.29, 0.717) is 6.29 Å². The number of H-pyrrole nitrogens is 2. The van der Waals surface area contributed by atoms with Crippen LogP contribution in [0, 0.1) is 4.77 Å². The van der Waals surface area contributed by atoms with Crippen LogP contribution in [0.5, 0.6) is 0 Å². The maximum atomic E-state index is 12.0. The summed E-state index contributed by atoms with van der Waals surface area (Å²) in [6, 6.07) is 6.29. The van der Waals surface area contributed by atoms with Gasteiger partial charge in [-0.05, 0) is 18.3 Å². The molecule has 0 aliphatic rings. The molecule has 1 amide bonds. The zero-order valence-electron chi connectivity index (χ0n) is 11.6. The number of anilines is 1. The summed E-state index contributed by atoms with van der Waals surface area (Å²) in [7, 11) is 0. The predicted octanol–water partition coefficient (Wildman–Crippen LogP) is 2.52. The maximum Gasteiger partial charge on any atom is 0.275 e. The molecular formula is C14H15N3O3S. The SMILES string of the molecule is CC.O=Cc1ccccc1C(=O)Nc1c[nH]c(=S)[nH]c1=O. The van der Waals surface area contributed by atoms with E-state index in [-0.39, 0.29) is 21.6 Å². The number of rotatable bonds is 3. The molecule has 21 heavy (non-hydrogen) atoms. The van der Waals surface area contributed by atoms with Gasteiger partial charge in [0.15, 0.2) is 11.1 Å². The number of benzene rings is 1. The molecular weight excluding hydrogens is 290 g/mol. The highest BCUT2D eigenvalue weighted by Crippen LogP contribution is 2.08. The van der Waals surface area contributed by atoms with Gasteiger partial charge in [0.1, 0.15) is 5.69 Å². The molecule has 3 N–H and O–H groups in total. The van der Waals surface area contributed by atoms with E-state index in [1.807, 2.05) is 13.8 Å². The van der Waals surface area contributed by atoms with E-state index in [0.717, 1.165) is 0 Å². The van der Waals surface area contributed by atoms with E-state index >= 15 is 0 Å². The van der Waals surface area contributed by atoms with Crippen molar-refractivity contribution in [2.75, 3.05) is 5.32 Å². The summed E-state index contributed by atoms with van der Waals surface area (Å²) in [4.78, 5) is 39.3. The zero-order chi connectivity index (χ0) is 15.8. The van der Waals surface area contributed by atoms with Crippen molar-refractivity contribution in [1.29, 1.82) is 0 Å². The molecule has 7 heteroatoms. The number of hydrogen-bond donors (Lipinski definition) is 3. The lowest BCUT2D eigenvalue weighted by molar-refractivity contribution is 0.101. The van der Waals surface area contributed by atoms with Crippen molar-refractivity contribution in [3.8, 4) is 0 Å². The van der Waals surface area contributed by atoms with Crippen LogP contribution < -0.4 is 10.9 Å². The van der Waals surface area contributed by atoms with Gasteiger partial charge in [-0.2, -0.15) is 0 Å². The molecule has 1 aromatic heterocycles. The van der Waals surface area contributed by atoms with Crippen LogP contribution in [-0.4, -0.2) is 22.2 Å². The van der Waals surface area contributed by atoms with E-state index in [1.54, 1.807) is 12.1 Å². The molecule has 0 fully saturated rings. The van der Waals surface area contributed by atoms with E-state index in [1.165, 1.54) is 18.3 Å². The summed E-state index contributed by atoms with van der Waals surface area (Å²) >= 11 is 4.74. The second kappa shape index (κ2) is 7.91.